The molecule has 0 atom stereocenters. The Kier molecular flexibility index (Phi) is 2.42. The van der Waals surface area contributed by atoms with Crippen molar-refractivity contribution in [1.82, 2.24) is 4.98 Å². The molecule has 2 rings (SSSR count). The van der Waals surface area contributed by atoms with Crippen LogP contribution in [0, 0.1) is 0 Å². The molecule has 1 saturated carbocycles. The van der Waals surface area contributed by atoms with Crippen LogP contribution >= 0.6 is 0 Å². The second-order valence-corrected chi connectivity index (χ2v) is 3.91. The Hall–Kier alpha value is -1.09. The molecular formula is C11H15NO2. The largest absolute Gasteiger partial charge is 0.495 e. The molecule has 1 aromatic rings. The minimum absolute atomic E-state index is 0.373. The second-order valence-electron chi connectivity index (χ2n) is 3.91. The summed E-state index contributed by atoms with van der Waals surface area (Å²) in [6.07, 6.45) is 5.28. The van der Waals surface area contributed by atoms with Gasteiger partial charge in [0.1, 0.15) is 5.75 Å². The van der Waals surface area contributed by atoms with Crippen LogP contribution in [0.1, 0.15) is 25.0 Å². The Labute approximate surface area is 83.7 Å². The van der Waals surface area contributed by atoms with Gasteiger partial charge in [-0.1, -0.05) is 0 Å². The second kappa shape index (κ2) is 3.58. The molecule has 0 aromatic carbocycles. The van der Waals surface area contributed by atoms with Crippen molar-refractivity contribution in [3.05, 3.63) is 24.0 Å². The van der Waals surface area contributed by atoms with Crippen LogP contribution < -0.4 is 4.74 Å². The highest BCUT2D eigenvalue weighted by Gasteiger charge is 2.39. The third kappa shape index (κ3) is 2.23. The summed E-state index contributed by atoms with van der Waals surface area (Å²) in [6.45, 7) is 0. The first-order valence-electron chi connectivity index (χ1n) is 4.93. The number of methoxy groups -OCH3 is 1. The number of aliphatic hydroxyl groups is 1. The summed E-state index contributed by atoms with van der Waals surface area (Å²) in [5.41, 5.74) is 0.646. The fraction of sp³-hybridized carbons (Fsp3) is 0.545. The molecule has 0 unspecified atom stereocenters. The van der Waals surface area contributed by atoms with Crippen LogP contribution in [0.4, 0.5) is 0 Å². The van der Waals surface area contributed by atoms with Crippen LogP contribution in [0.25, 0.3) is 0 Å². The fourth-order valence-electron chi connectivity index (χ4n) is 1.43. The number of nitrogens with zero attached hydrogens (tertiary/aromatic N) is 1. The Morgan fingerprint density at radius 3 is 2.79 bits per heavy atom. The molecule has 1 fully saturated rings. The Morgan fingerprint density at radius 2 is 2.29 bits per heavy atom. The van der Waals surface area contributed by atoms with Crippen LogP contribution in [0.3, 0.4) is 0 Å². The van der Waals surface area contributed by atoms with Gasteiger partial charge < -0.3 is 9.84 Å². The van der Waals surface area contributed by atoms with Gasteiger partial charge in [0.15, 0.2) is 0 Å². The summed E-state index contributed by atoms with van der Waals surface area (Å²) in [6, 6.07) is 3.85. The van der Waals surface area contributed by atoms with Crippen molar-refractivity contribution < 1.29 is 9.84 Å². The van der Waals surface area contributed by atoms with Crippen LogP contribution in [0.5, 0.6) is 5.75 Å². The van der Waals surface area contributed by atoms with E-state index in [1.54, 1.807) is 13.3 Å². The maximum absolute atomic E-state index is 9.64. The van der Waals surface area contributed by atoms with Crippen LogP contribution in [-0.2, 0) is 6.42 Å². The molecule has 0 radical (unpaired) electrons. The number of rotatable bonds is 4. The first kappa shape index (κ1) is 9.46. The lowest BCUT2D eigenvalue weighted by atomic mass is 10.1. The van der Waals surface area contributed by atoms with Gasteiger partial charge in [-0.05, 0) is 37.8 Å². The molecule has 1 aliphatic carbocycles. The van der Waals surface area contributed by atoms with Gasteiger partial charge in [0.2, 0.25) is 0 Å². The minimum atomic E-state index is -0.373. The van der Waals surface area contributed by atoms with Crippen molar-refractivity contribution >= 4 is 0 Å². The number of hydrogen-bond donors (Lipinski definition) is 1. The van der Waals surface area contributed by atoms with Crippen molar-refractivity contribution in [2.45, 2.75) is 31.3 Å². The maximum Gasteiger partial charge on any atom is 0.137 e. The molecule has 0 aliphatic heterocycles. The van der Waals surface area contributed by atoms with E-state index in [1.807, 2.05) is 12.1 Å². The minimum Gasteiger partial charge on any atom is -0.495 e. The molecule has 3 nitrogen and oxygen atoms in total. The van der Waals surface area contributed by atoms with E-state index < -0.39 is 0 Å². The number of aromatic nitrogens is 1. The summed E-state index contributed by atoms with van der Waals surface area (Å²) >= 11 is 0. The quantitative estimate of drug-likeness (QED) is 0.788. The number of ether oxygens (including phenoxy) is 1. The average Bonchev–Trinajstić information content (AvgIpc) is 2.95. The summed E-state index contributed by atoms with van der Waals surface area (Å²) in [4.78, 5) is 4.24. The number of aryl methyl sites for hydroxylation is 1. The van der Waals surface area contributed by atoms with E-state index in [0.29, 0.717) is 0 Å². The van der Waals surface area contributed by atoms with E-state index in [4.69, 9.17) is 4.74 Å². The standard InChI is InChI=1S/C11H15NO2/c1-14-10-3-2-9(12-8-10)4-5-11(13)6-7-11/h2-3,8,13H,4-7H2,1H3. The highest BCUT2D eigenvalue weighted by atomic mass is 16.5. The Morgan fingerprint density at radius 1 is 1.50 bits per heavy atom. The first-order chi connectivity index (χ1) is 6.72. The summed E-state index contributed by atoms with van der Waals surface area (Å²) in [5.74, 6) is 0.777. The van der Waals surface area contributed by atoms with Gasteiger partial charge in [-0.15, -0.1) is 0 Å². The highest BCUT2D eigenvalue weighted by molar-refractivity contribution is 5.20. The predicted molar refractivity (Wildman–Crippen MR) is 53.3 cm³/mol. The number of hydrogen-bond acceptors (Lipinski definition) is 3. The molecule has 3 heteroatoms. The third-order valence-corrected chi connectivity index (χ3v) is 2.71. The maximum atomic E-state index is 9.64. The van der Waals surface area contributed by atoms with Gasteiger partial charge in [-0.25, -0.2) is 0 Å². The molecule has 0 spiro atoms. The van der Waals surface area contributed by atoms with E-state index in [-0.39, 0.29) is 5.60 Å². The zero-order valence-electron chi connectivity index (χ0n) is 8.36. The van der Waals surface area contributed by atoms with Gasteiger partial charge in [-0.2, -0.15) is 0 Å². The van der Waals surface area contributed by atoms with Gasteiger partial charge in [0, 0.05) is 5.69 Å². The third-order valence-electron chi connectivity index (χ3n) is 2.71. The van der Waals surface area contributed by atoms with E-state index >= 15 is 0 Å². The van der Waals surface area contributed by atoms with Gasteiger partial charge in [0.25, 0.3) is 0 Å². The molecule has 0 saturated heterocycles. The van der Waals surface area contributed by atoms with Crippen molar-refractivity contribution in [2.24, 2.45) is 0 Å². The summed E-state index contributed by atoms with van der Waals surface area (Å²) in [5, 5.41) is 9.64. The molecule has 0 amide bonds. The van der Waals surface area contributed by atoms with E-state index in [9.17, 15) is 5.11 Å². The lowest BCUT2D eigenvalue weighted by molar-refractivity contribution is 0.140. The number of pyridine rings is 1. The summed E-state index contributed by atoms with van der Waals surface area (Å²) in [7, 11) is 1.63. The zero-order valence-corrected chi connectivity index (χ0v) is 8.36. The smallest absolute Gasteiger partial charge is 0.137 e. The molecule has 14 heavy (non-hydrogen) atoms. The van der Waals surface area contributed by atoms with Crippen LogP contribution in [-0.4, -0.2) is 22.8 Å². The molecular weight excluding hydrogens is 178 g/mol. The first-order valence-corrected chi connectivity index (χ1v) is 4.93. The van der Waals surface area contributed by atoms with E-state index in [2.05, 4.69) is 4.98 Å². The molecule has 1 N–H and O–H groups in total. The van der Waals surface area contributed by atoms with E-state index in [0.717, 1.165) is 37.1 Å². The summed E-state index contributed by atoms with van der Waals surface area (Å²) < 4.78 is 5.02. The predicted octanol–water partition coefficient (Wildman–Crippen LogP) is 1.55. The van der Waals surface area contributed by atoms with Gasteiger partial charge in [0.05, 0.1) is 18.9 Å². The molecule has 0 bridgehead atoms. The molecule has 1 aliphatic rings. The Balaban J connectivity index is 1.89. The average molecular weight is 193 g/mol. The van der Waals surface area contributed by atoms with Crippen molar-refractivity contribution in [2.75, 3.05) is 7.11 Å². The fourth-order valence-corrected chi connectivity index (χ4v) is 1.43. The van der Waals surface area contributed by atoms with Crippen molar-refractivity contribution in [3.63, 3.8) is 0 Å². The van der Waals surface area contributed by atoms with Crippen LogP contribution in [0.2, 0.25) is 0 Å². The lowest BCUT2D eigenvalue weighted by Crippen LogP contribution is -2.08. The lowest BCUT2D eigenvalue weighted by Gasteiger charge is -2.06. The molecule has 76 valence electrons. The van der Waals surface area contributed by atoms with Gasteiger partial charge >= 0.3 is 0 Å². The van der Waals surface area contributed by atoms with Crippen LogP contribution in [0.15, 0.2) is 18.3 Å². The SMILES string of the molecule is COc1ccc(CCC2(O)CC2)nc1. The van der Waals surface area contributed by atoms with Gasteiger partial charge in [-0.3, -0.25) is 4.98 Å². The monoisotopic (exact) mass is 193 g/mol. The molecule has 1 heterocycles. The molecule has 1 aromatic heterocycles. The van der Waals surface area contributed by atoms with Crippen molar-refractivity contribution in [1.29, 1.82) is 0 Å². The normalized spacial score (nSPS) is 17.9. The Bertz CT molecular complexity index is 304. The van der Waals surface area contributed by atoms with Crippen molar-refractivity contribution in [3.8, 4) is 5.75 Å². The zero-order chi connectivity index (χ0) is 10.0. The van der Waals surface area contributed by atoms with E-state index in [1.165, 1.54) is 0 Å². The highest BCUT2D eigenvalue weighted by Crippen LogP contribution is 2.39. The topological polar surface area (TPSA) is 42.4 Å².